The zero-order valence-corrected chi connectivity index (χ0v) is 26.3. The number of fused-ring (bicyclic) bond motifs is 2. The van der Waals surface area contributed by atoms with Crippen LogP contribution in [0.2, 0.25) is 0 Å². The van der Waals surface area contributed by atoms with Crippen LogP contribution in [0.5, 0.6) is 0 Å². The van der Waals surface area contributed by atoms with E-state index in [0.29, 0.717) is 77.3 Å². The van der Waals surface area contributed by atoms with Gasteiger partial charge >= 0.3 is 0 Å². The van der Waals surface area contributed by atoms with Crippen LogP contribution in [0.25, 0.3) is 22.1 Å². The molecule has 246 valence electrons. The number of aromatic amines is 2. The number of amides is 1. The Labute approximate surface area is 275 Å². The summed E-state index contributed by atoms with van der Waals surface area (Å²) < 4.78 is 0. The molecule has 5 aromatic rings. The van der Waals surface area contributed by atoms with E-state index in [2.05, 4.69) is 25.5 Å². The second-order valence-corrected chi connectivity index (χ2v) is 12.2. The molecular weight excluding hydrogens is 622 g/mol. The Hall–Kier alpha value is -4.80. The Morgan fingerprint density at radius 2 is 1.43 bits per heavy atom. The number of aromatic nitrogens is 5. The summed E-state index contributed by atoms with van der Waals surface area (Å²) in [4.78, 5) is 50.7. The third-order valence-electron chi connectivity index (χ3n) is 8.37. The Bertz CT molecular complexity index is 1940. The van der Waals surface area contributed by atoms with E-state index in [1.807, 2.05) is 11.0 Å². The van der Waals surface area contributed by atoms with E-state index in [9.17, 15) is 9.59 Å². The van der Waals surface area contributed by atoms with Crippen molar-refractivity contribution < 1.29 is 4.79 Å². The number of carbonyl (C=O) groups is 1. The average Bonchev–Trinajstić information content (AvgIpc) is 3.43. The van der Waals surface area contributed by atoms with Gasteiger partial charge in [-0.3, -0.25) is 9.59 Å². The van der Waals surface area contributed by atoms with E-state index in [1.54, 1.807) is 42.5 Å². The molecule has 0 aliphatic carbocycles. The van der Waals surface area contributed by atoms with Crippen LogP contribution in [-0.4, -0.2) is 81.2 Å². The van der Waals surface area contributed by atoms with Gasteiger partial charge in [-0.05, 0) is 49.2 Å². The van der Waals surface area contributed by atoms with Crippen molar-refractivity contribution in [2.75, 3.05) is 46.6 Å². The Morgan fingerprint density at radius 1 is 0.809 bits per heavy atom. The quantitative estimate of drug-likeness (QED) is 0.129. The molecule has 0 unspecified atom stereocenters. The first-order valence-electron chi connectivity index (χ1n) is 15.3. The zero-order valence-electron chi connectivity index (χ0n) is 25.5. The van der Waals surface area contributed by atoms with Gasteiger partial charge in [-0.15, -0.1) is 12.4 Å². The standard InChI is InChI=1S/C31H37N13O2.ClH/c32-16-9-17(33)13-43(12-16)28-25-27(41-31(42-28)44-14-18(34)10-19(35)15-44)40-30(39-25)38-21-7-5-20(6-8-21)37-29(46)23-11-36-24-4-2-1-3-22(24)26(23)45;/h1-8,11,16-19H,9-10,12-15,32-35H2,(H,36,45)(H,37,46)(H2,38,39,40,41,42);1H/t16-,17+,18-,19+;. The van der Waals surface area contributed by atoms with E-state index >= 15 is 0 Å². The van der Waals surface area contributed by atoms with Crippen molar-refractivity contribution >= 4 is 69.5 Å². The molecule has 2 aliphatic heterocycles. The molecular formula is C31H38ClN13O2. The first kappa shape index (κ1) is 32.2. The number of para-hydroxylation sites is 1. The highest BCUT2D eigenvalue weighted by Gasteiger charge is 2.30. The fourth-order valence-electron chi connectivity index (χ4n) is 6.30. The molecule has 16 heteroatoms. The predicted octanol–water partition coefficient (Wildman–Crippen LogP) is 1.34. The summed E-state index contributed by atoms with van der Waals surface area (Å²) in [5, 5.41) is 6.52. The number of imidazole rings is 1. The van der Waals surface area contributed by atoms with Crippen molar-refractivity contribution in [3.63, 3.8) is 0 Å². The number of hydrogen-bond acceptors (Lipinski definition) is 12. The highest BCUT2D eigenvalue weighted by molar-refractivity contribution is 6.05. The molecule has 47 heavy (non-hydrogen) atoms. The maximum Gasteiger partial charge on any atom is 0.261 e. The lowest BCUT2D eigenvalue weighted by Gasteiger charge is -2.37. The summed E-state index contributed by atoms with van der Waals surface area (Å²) in [6.45, 7) is 2.37. The monoisotopic (exact) mass is 659 g/mol. The molecule has 2 fully saturated rings. The van der Waals surface area contributed by atoms with Crippen LogP contribution in [0.1, 0.15) is 23.2 Å². The molecule has 3 aromatic heterocycles. The number of hydrogen-bond donors (Lipinski definition) is 8. The van der Waals surface area contributed by atoms with Gasteiger partial charge in [0.25, 0.3) is 5.91 Å². The van der Waals surface area contributed by atoms with E-state index < -0.39 is 5.91 Å². The van der Waals surface area contributed by atoms with Crippen LogP contribution in [0, 0.1) is 0 Å². The van der Waals surface area contributed by atoms with Crippen LogP contribution in [0.3, 0.4) is 0 Å². The number of rotatable bonds is 6. The maximum absolute atomic E-state index is 12.9. The van der Waals surface area contributed by atoms with Crippen molar-refractivity contribution in [1.82, 2.24) is 24.9 Å². The lowest BCUT2D eigenvalue weighted by atomic mass is 10.0. The topological polar surface area (TPSA) is 239 Å². The van der Waals surface area contributed by atoms with Crippen LogP contribution in [0.15, 0.2) is 59.5 Å². The third-order valence-corrected chi connectivity index (χ3v) is 8.37. The number of pyridine rings is 1. The fourth-order valence-corrected chi connectivity index (χ4v) is 6.30. The SMILES string of the molecule is Cl.N[C@@H]1C[C@H](N)CN(c2nc(N3C[C@H](N)C[C@H](N)C3)c3[nH]c(Nc4ccc(NC(=O)c5c[nH]c6ccccc6c5=O)cc4)nc3n2)C1. The van der Waals surface area contributed by atoms with E-state index in [1.165, 1.54) is 6.20 Å². The summed E-state index contributed by atoms with van der Waals surface area (Å²) >= 11 is 0. The fraction of sp³-hybridized carbons (Fsp3) is 0.323. The number of benzene rings is 2. The average molecular weight is 660 g/mol. The molecule has 2 aliphatic rings. The largest absolute Gasteiger partial charge is 0.360 e. The second kappa shape index (κ2) is 13.1. The number of H-pyrrole nitrogens is 2. The first-order valence-corrected chi connectivity index (χ1v) is 15.3. The number of piperidine rings is 2. The number of nitrogens with one attached hydrogen (secondary N) is 4. The minimum atomic E-state index is -0.500. The number of nitrogens with zero attached hydrogens (tertiary/aromatic N) is 5. The molecule has 2 saturated heterocycles. The minimum Gasteiger partial charge on any atom is -0.360 e. The molecule has 0 radical (unpaired) electrons. The van der Waals surface area contributed by atoms with Gasteiger partial charge in [0.15, 0.2) is 11.5 Å². The molecule has 4 atom stereocenters. The van der Waals surface area contributed by atoms with Crippen LogP contribution in [0.4, 0.5) is 29.1 Å². The lowest BCUT2D eigenvalue weighted by Crippen LogP contribution is -2.53. The zero-order chi connectivity index (χ0) is 31.9. The van der Waals surface area contributed by atoms with E-state index in [4.69, 9.17) is 37.9 Å². The highest BCUT2D eigenvalue weighted by Crippen LogP contribution is 2.30. The molecule has 15 nitrogen and oxygen atoms in total. The number of halogens is 1. The van der Waals surface area contributed by atoms with Crippen LogP contribution in [-0.2, 0) is 0 Å². The minimum absolute atomic E-state index is 0. The van der Waals surface area contributed by atoms with Gasteiger partial charge in [-0.25, -0.2) is 0 Å². The van der Waals surface area contributed by atoms with Crippen molar-refractivity contribution in [3.8, 4) is 0 Å². The molecule has 0 saturated carbocycles. The Morgan fingerprint density at radius 3 is 2.11 bits per heavy atom. The molecule has 1 amide bonds. The van der Waals surface area contributed by atoms with Gasteiger partial charge in [0, 0.05) is 78.8 Å². The third kappa shape index (κ3) is 6.70. The normalized spacial score (nSPS) is 21.4. The van der Waals surface area contributed by atoms with Gasteiger partial charge in [0.1, 0.15) is 11.1 Å². The van der Waals surface area contributed by atoms with Gasteiger partial charge in [-0.2, -0.15) is 15.0 Å². The lowest BCUT2D eigenvalue weighted by molar-refractivity contribution is 0.102. The van der Waals surface area contributed by atoms with Crippen molar-refractivity contribution in [3.05, 3.63) is 70.5 Å². The van der Waals surface area contributed by atoms with Crippen molar-refractivity contribution in [2.45, 2.75) is 37.0 Å². The van der Waals surface area contributed by atoms with Gasteiger partial charge in [-0.1, -0.05) is 12.1 Å². The second-order valence-electron chi connectivity index (χ2n) is 12.2. The van der Waals surface area contributed by atoms with Gasteiger partial charge in [0.2, 0.25) is 17.3 Å². The van der Waals surface area contributed by atoms with Crippen molar-refractivity contribution in [1.29, 1.82) is 0 Å². The summed E-state index contributed by atoms with van der Waals surface area (Å²) in [5.41, 5.74) is 28.0. The summed E-state index contributed by atoms with van der Waals surface area (Å²) in [6.07, 6.45) is 2.90. The molecule has 7 rings (SSSR count). The smallest absolute Gasteiger partial charge is 0.261 e. The predicted molar refractivity (Wildman–Crippen MR) is 187 cm³/mol. The molecule has 5 heterocycles. The Balaban J connectivity index is 0.00000386. The summed E-state index contributed by atoms with van der Waals surface area (Å²) in [5.74, 6) is 1.13. The highest BCUT2D eigenvalue weighted by atomic mass is 35.5. The number of carbonyl (C=O) groups excluding carboxylic acids is 1. The first-order chi connectivity index (χ1) is 22.2. The van der Waals surface area contributed by atoms with Gasteiger partial charge < -0.3 is 53.3 Å². The van der Waals surface area contributed by atoms with Crippen molar-refractivity contribution in [2.24, 2.45) is 22.9 Å². The van der Waals surface area contributed by atoms with E-state index in [-0.39, 0.29) is 47.6 Å². The van der Waals surface area contributed by atoms with Gasteiger partial charge in [0.05, 0.1) is 0 Å². The maximum atomic E-state index is 12.9. The molecule has 12 N–H and O–H groups in total. The molecule has 0 spiro atoms. The van der Waals surface area contributed by atoms with Crippen LogP contribution < -0.4 is 48.8 Å². The van der Waals surface area contributed by atoms with Crippen LogP contribution >= 0.6 is 12.4 Å². The Kier molecular flexibility index (Phi) is 8.98. The molecule has 0 bridgehead atoms. The summed E-state index contributed by atoms with van der Waals surface area (Å²) in [7, 11) is 0. The summed E-state index contributed by atoms with van der Waals surface area (Å²) in [6, 6.07) is 13.8. The molecule has 2 aromatic carbocycles. The number of nitrogens with two attached hydrogens (primary N) is 4. The number of anilines is 5. The van der Waals surface area contributed by atoms with E-state index in [0.717, 1.165) is 12.8 Å².